The number of rotatable bonds is 6. The smallest absolute Gasteiger partial charge is 0.313 e. The van der Waals surface area contributed by atoms with E-state index in [1.807, 2.05) is 0 Å². The van der Waals surface area contributed by atoms with Crippen LogP contribution in [0.4, 0.5) is 0 Å². The predicted octanol–water partition coefficient (Wildman–Crippen LogP) is 0.355. The van der Waals surface area contributed by atoms with Gasteiger partial charge in [0.05, 0.1) is 20.6 Å². The number of esters is 1. The van der Waals surface area contributed by atoms with E-state index in [1.54, 1.807) is 12.1 Å². The van der Waals surface area contributed by atoms with E-state index in [2.05, 4.69) is 4.74 Å². The first kappa shape index (κ1) is 15.1. The molecule has 1 aromatic rings. The van der Waals surface area contributed by atoms with E-state index in [0.717, 1.165) is 7.11 Å². The minimum absolute atomic E-state index is 0.145. The number of hydrogen-bond donors (Lipinski definition) is 2. The number of carbonyl (C=O) groups excluding carboxylic acids is 2. The average molecular weight is 268 g/mol. The zero-order chi connectivity index (χ0) is 14.5. The van der Waals surface area contributed by atoms with Crippen LogP contribution in [0.15, 0.2) is 24.3 Å². The van der Waals surface area contributed by atoms with Gasteiger partial charge in [0.25, 0.3) is 0 Å². The van der Waals surface area contributed by atoms with Gasteiger partial charge >= 0.3 is 5.97 Å². The standard InChI is InChI=1S/C13H16O6/c1-18-11-5-3-9(4-6-11)13(16,17)8-10(14)7-12(15)19-2/h3-6,16-17H,7-8H2,1-2H3. The summed E-state index contributed by atoms with van der Waals surface area (Å²) in [7, 11) is 2.64. The Morgan fingerprint density at radius 1 is 1.16 bits per heavy atom. The summed E-state index contributed by atoms with van der Waals surface area (Å²) in [6, 6.07) is 5.96. The molecule has 0 spiro atoms. The number of hydrogen-bond acceptors (Lipinski definition) is 6. The molecule has 1 rings (SSSR count). The monoisotopic (exact) mass is 268 g/mol. The van der Waals surface area contributed by atoms with Gasteiger partial charge in [-0.05, 0) is 24.3 Å². The van der Waals surface area contributed by atoms with Crippen LogP contribution < -0.4 is 4.74 Å². The fourth-order valence-corrected chi connectivity index (χ4v) is 1.53. The number of carbonyl (C=O) groups is 2. The maximum absolute atomic E-state index is 11.5. The third-order valence-corrected chi connectivity index (χ3v) is 2.57. The molecule has 6 heteroatoms. The lowest BCUT2D eigenvalue weighted by atomic mass is 9.99. The Kier molecular flexibility index (Phi) is 5.02. The number of ether oxygens (including phenoxy) is 2. The van der Waals surface area contributed by atoms with Crippen LogP contribution in [-0.4, -0.2) is 36.2 Å². The first-order chi connectivity index (χ1) is 8.89. The second-order valence-electron chi connectivity index (χ2n) is 4.01. The van der Waals surface area contributed by atoms with Crippen molar-refractivity contribution in [3.8, 4) is 5.75 Å². The Balaban J connectivity index is 2.73. The zero-order valence-electron chi connectivity index (χ0n) is 10.8. The Morgan fingerprint density at radius 2 is 1.74 bits per heavy atom. The van der Waals surface area contributed by atoms with Gasteiger partial charge in [0, 0.05) is 5.56 Å². The number of aliphatic hydroxyl groups is 2. The highest BCUT2D eigenvalue weighted by Crippen LogP contribution is 2.24. The summed E-state index contributed by atoms with van der Waals surface area (Å²) in [6.45, 7) is 0. The summed E-state index contributed by atoms with van der Waals surface area (Å²) in [5.74, 6) is -3.10. The first-order valence-corrected chi connectivity index (χ1v) is 5.57. The first-order valence-electron chi connectivity index (χ1n) is 5.57. The van der Waals surface area contributed by atoms with Gasteiger partial charge in [0.2, 0.25) is 0 Å². The van der Waals surface area contributed by atoms with Crippen molar-refractivity contribution in [1.82, 2.24) is 0 Å². The molecule has 0 aromatic heterocycles. The molecular weight excluding hydrogens is 252 g/mol. The van der Waals surface area contributed by atoms with Crippen LogP contribution >= 0.6 is 0 Å². The molecule has 0 fully saturated rings. The van der Waals surface area contributed by atoms with Crippen molar-refractivity contribution in [3.05, 3.63) is 29.8 Å². The van der Waals surface area contributed by atoms with Crippen molar-refractivity contribution in [2.24, 2.45) is 0 Å². The summed E-state index contributed by atoms with van der Waals surface area (Å²) in [4.78, 5) is 22.4. The van der Waals surface area contributed by atoms with Gasteiger partial charge in [0.1, 0.15) is 18.0 Å². The molecule has 19 heavy (non-hydrogen) atoms. The van der Waals surface area contributed by atoms with Crippen molar-refractivity contribution < 1.29 is 29.3 Å². The van der Waals surface area contributed by atoms with Crippen LogP contribution in [0.5, 0.6) is 5.75 Å². The Labute approximate surface area is 110 Å². The van der Waals surface area contributed by atoms with Crippen LogP contribution in [0.3, 0.4) is 0 Å². The Bertz CT molecular complexity index is 449. The second kappa shape index (κ2) is 6.31. The molecule has 0 radical (unpaired) electrons. The molecule has 0 amide bonds. The van der Waals surface area contributed by atoms with Gasteiger partial charge < -0.3 is 19.7 Å². The van der Waals surface area contributed by atoms with Gasteiger partial charge in [0.15, 0.2) is 5.79 Å². The molecule has 104 valence electrons. The molecule has 0 saturated heterocycles. The molecule has 0 unspecified atom stereocenters. The van der Waals surface area contributed by atoms with Gasteiger partial charge in [-0.15, -0.1) is 0 Å². The zero-order valence-corrected chi connectivity index (χ0v) is 10.8. The van der Waals surface area contributed by atoms with E-state index in [1.165, 1.54) is 19.2 Å². The Morgan fingerprint density at radius 3 is 2.21 bits per heavy atom. The Hall–Kier alpha value is -1.92. The highest BCUT2D eigenvalue weighted by Gasteiger charge is 2.30. The van der Waals surface area contributed by atoms with Crippen LogP contribution in [0, 0.1) is 0 Å². The van der Waals surface area contributed by atoms with Crippen molar-refractivity contribution in [3.63, 3.8) is 0 Å². The van der Waals surface area contributed by atoms with Crippen LogP contribution in [-0.2, 0) is 20.1 Å². The van der Waals surface area contributed by atoms with Crippen molar-refractivity contribution in [1.29, 1.82) is 0 Å². The number of benzene rings is 1. The third-order valence-electron chi connectivity index (χ3n) is 2.57. The SMILES string of the molecule is COC(=O)CC(=O)CC(O)(O)c1ccc(OC)cc1. The van der Waals surface area contributed by atoms with Crippen LogP contribution in [0.2, 0.25) is 0 Å². The third kappa shape index (κ3) is 4.35. The molecule has 6 nitrogen and oxygen atoms in total. The quantitative estimate of drug-likeness (QED) is 0.439. The van der Waals surface area contributed by atoms with E-state index in [-0.39, 0.29) is 5.56 Å². The highest BCUT2D eigenvalue weighted by molar-refractivity contribution is 5.95. The summed E-state index contributed by atoms with van der Waals surface area (Å²) in [6.07, 6.45) is -1.08. The van der Waals surface area contributed by atoms with Crippen LogP contribution in [0.1, 0.15) is 18.4 Å². The van der Waals surface area contributed by atoms with Crippen molar-refractivity contribution in [2.45, 2.75) is 18.6 Å². The molecular formula is C13H16O6. The normalized spacial score (nSPS) is 10.9. The molecule has 0 bridgehead atoms. The maximum Gasteiger partial charge on any atom is 0.313 e. The average Bonchev–Trinajstić information content (AvgIpc) is 2.37. The van der Waals surface area contributed by atoms with E-state index in [0.29, 0.717) is 5.75 Å². The van der Waals surface area contributed by atoms with E-state index >= 15 is 0 Å². The predicted molar refractivity (Wildman–Crippen MR) is 65.4 cm³/mol. The van der Waals surface area contributed by atoms with Gasteiger partial charge in [-0.25, -0.2) is 0 Å². The molecule has 1 aromatic carbocycles. The summed E-state index contributed by atoms with van der Waals surface area (Å²) in [5.41, 5.74) is 0.145. The minimum Gasteiger partial charge on any atom is -0.497 e. The molecule has 0 saturated carbocycles. The summed E-state index contributed by atoms with van der Waals surface area (Å²) < 4.78 is 9.27. The summed E-state index contributed by atoms with van der Waals surface area (Å²) in [5, 5.41) is 19.7. The fourth-order valence-electron chi connectivity index (χ4n) is 1.53. The number of methoxy groups -OCH3 is 2. The number of Topliss-reactive ketones (excluding diaryl/α,β-unsaturated/α-hetero) is 1. The molecule has 0 heterocycles. The van der Waals surface area contributed by atoms with E-state index in [4.69, 9.17) is 4.74 Å². The second-order valence-corrected chi connectivity index (χ2v) is 4.01. The fraction of sp³-hybridized carbons (Fsp3) is 0.385. The summed E-state index contributed by atoms with van der Waals surface area (Å²) >= 11 is 0. The van der Waals surface area contributed by atoms with Gasteiger partial charge in [-0.1, -0.05) is 0 Å². The van der Waals surface area contributed by atoms with Gasteiger partial charge in [-0.3, -0.25) is 9.59 Å². The van der Waals surface area contributed by atoms with Crippen molar-refractivity contribution >= 4 is 11.8 Å². The van der Waals surface area contributed by atoms with E-state index < -0.39 is 30.4 Å². The molecule has 0 atom stereocenters. The minimum atomic E-state index is -2.32. The van der Waals surface area contributed by atoms with E-state index in [9.17, 15) is 19.8 Å². The number of ketones is 1. The molecule has 0 aliphatic heterocycles. The molecule has 0 aliphatic carbocycles. The molecule has 2 N–H and O–H groups in total. The van der Waals surface area contributed by atoms with Crippen LogP contribution in [0.25, 0.3) is 0 Å². The lowest BCUT2D eigenvalue weighted by molar-refractivity contribution is -0.179. The van der Waals surface area contributed by atoms with Gasteiger partial charge in [-0.2, -0.15) is 0 Å². The topological polar surface area (TPSA) is 93.1 Å². The lowest BCUT2D eigenvalue weighted by Crippen LogP contribution is -2.29. The largest absolute Gasteiger partial charge is 0.497 e. The van der Waals surface area contributed by atoms with Crippen molar-refractivity contribution in [2.75, 3.05) is 14.2 Å². The molecule has 0 aliphatic rings. The lowest BCUT2D eigenvalue weighted by Gasteiger charge is -2.21. The highest BCUT2D eigenvalue weighted by atomic mass is 16.5. The maximum atomic E-state index is 11.5.